The van der Waals surface area contributed by atoms with Gasteiger partial charge in [-0.25, -0.2) is 0 Å². The zero-order valence-corrected chi connectivity index (χ0v) is 8.88. The van der Waals surface area contributed by atoms with Gasteiger partial charge in [0.2, 0.25) is 0 Å². The van der Waals surface area contributed by atoms with Crippen molar-refractivity contribution >= 4 is 10.9 Å². The first-order valence-electron chi connectivity index (χ1n) is 5.37. The van der Waals surface area contributed by atoms with Gasteiger partial charge in [-0.05, 0) is 23.8 Å². The van der Waals surface area contributed by atoms with E-state index >= 15 is 0 Å². The molecule has 0 aliphatic carbocycles. The van der Waals surface area contributed by atoms with Crippen LogP contribution >= 0.6 is 0 Å². The fraction of sp³-hybridized carbons (Fsp3) is 0.0714. The molecule has 0 atom stereocenters. The minimum atomic E-state index is 0.876. The molecule has 2 heteroatoms. The van der Waals surface area contributed by atoms with Crippen molar-refractivity contribution in [2.45, 2.75) is 6.54 Å². The zero-order valence-electron chi connectivity index (χ0n) is 8.88. The lowest BCUT2D eigenvalue weighted by atomic mass is 10.1. The monoisotopic (exact) mass is 208 g/mol. The molecule has 0 radical (unpaired) electrons. The second-order valence-electron chi connectivity index (χ2n) is 3.85. The number of pyridine rings is 1. The molecule has 3 aromatic rings. The molecule has 0 fully saturated rings. The average Bonchev–Trinajstić information content (AvgIpc) is 2.82. The fourth-order valence-electron chi connectivity index (χ4n) is 1.97. The van der Waals surface area contributed by atoms with Gasteiger partial charge < -0.3 is 4.57 Å². The van der Waals surface area contributed by atoms with Gasteiger partial charge in [-0.2, -0.15) is 0 Å². The molecule has 1 aromatic carbocycles. The Hall–Kier alpha value is -2.09. The van der Waals surface area contributed by atoms with Gasteiger partial charge in [-0.15, -0.1) is 0 Å². The van der Waals surface area contributed by atoms with E-state index in [1.165, 1.54) is 10.9 Å². The molecule has 16 heavy (non-hydrogen) atoms. The number of benzene rings is 1. The van der Waals surface area contributed by atoms with E-state index in [2.05, 4.69) is 46.2 Å². The summed E-state index contributed by atoms with van der Waals surface area (Å²) in [4.78, 5) is 4.45. The highest BCUT2D eigenvalue weighted by Crippen LogP contribution is 2.16. The molecule has 2 heterocycles. The first-order chi connectivity index (χ1) is 7.93. The molecule has 2 aromatic heterocycles. The minimum Gasteiger partial charge on any atom is -0.350 e. The van der Waals surface area contributed by atoms with Crippen LogP contribution in [0.2, 0.25) is 0 Å². The Bertz CT molecular complexity index is 592. The van der Waals surface area contributed by atoms with Gasteiger partial charge in [0, 0.05) is 30.5 Å². The molecule has 0 saturated carbocycles. The molecule has 0 bridgehead atoms. The number of rotatable bonds is 2. The smallest absolute Gasteiger partial charge is 0.0751 e. The van der Waals surface area contributed by atoms with Gasteiger partial charge >= 0.3 is 0 Å². The fourth-order valence-corrected chi connectivity index (χ4v) is 1.97. The van der Waals surface area contributed by atoms with Gasteiger partial charge in [0.05, 0.1) is 5.52 Å². The largest absolute Gasteiger partial charge is 0.350 e. The standard InChI is InChI=1S/C14H12N2/c1-2-10-16(9-1)11-13-6-3-5-12-7-4-8-15-14(12)13/h1-10H,11H2. The van der Waals surface area contributed by atoms with Gasteiger partial charge in [-0.3, -0.25) is 4.98 Å². The summed E-state index contributed by atoms with van der Waals surface area (Å²) >= 11 is 0. The van der Waals surface area contributed by atoms with Crippen molar-refractivity contribution in [3.8, 4) is 0 Å². The molecule has 0 unspecified atom stereocenters. The number of nitrogens with zero attached hydrogens (tertiary/aromatic N) is 2. The van der Waals surface area contributed by atoms with Gasteiger partial charge in [0.25, 0.3) is 0 Å². The van der Waals surface area contributed by atoms with Crippen LogP contribution in [0.4, 0.5) is 0 Å². The Morgan fingerprint density at radius 2 is 1.75 bits per heavy atom. The van der Waals surface area contributed by atoms with Crippen molar-refractivity contribution in [1.82, 2.24) is 9.55 Å². The molecule has 0 aliphatic heterocycles. The molecule has 0 spiro atoms. The highest BCUT2D eigenvalue weighted by atomic mass is 14.9. The molecular weight excluding hydrogens is 196 g/mol. The van der Waals surface area contributed by atoms with Gasteiger partial charge in [0.1, 0.15) is 0 Å². The van der Waals surface area contributed by atoms with Crippen LogP contribution in [0.1, 0.15) is 5.56 Å². The van der Waals surface area contributed by atoms with Crippen LogP contribution in [0.5, 0.6) is 0 Å². The number of aromatic nitrogens is 2. The van der Waals surface area contributed by atoms with Crippen molar-refractivity contribution in [2.24, 2.45) is 0 Å². The first kappa shape index (κ1) is 9.16. The molecule has 0 saturated heterocycles. The third-order valence-electron chi connectivity index (χ3n) is 2.74. The summed E-state index contributed by atoms with van der Waals surface area (Å²) in [6.07, 6.45) is 5.99. The summed E-state index contributed by atoms with van der Waals surface area (Å²) in [5.41, 5.74) is 2.35. The Labute approximate surface area is 94.2 Å². The Balaban J connectivity index is 2.10. The number of hydrogen-bond donors (Lipinski definition) is 0. The summed E-state index contributed by atoms with van der Waals surface area (Å²) in [6.45, 7) is 0.876. The van der Waals surface area contributed by atoms with Crippen LogP contribution in [0.25, 0.3) is 10.9 Å². The summed E-state index contributed by atoms with van der Waals surface area (Å²) in [5.74, 6) is 0. The molecule has 3 rings (SSSR count). The second-order valence-corrected chi connectivity index (χ2v) is 3.85. The maximum atomic E-state index is 4.45. The van der Waals surface area contributed by atoms with Crippen LogP contribution in [0.15, 0.2) is 61.1 Å². The predicted octanol–water partition coefficient (Wildman–Crippen LogP) is 3.08. The van der Waals surface area contributed by atoms with E-state index in [9.17, 15) is 0 Å². The highest BCUT2D eigenvalue weighted by Gasteiger charge is 2.01. The van der Waals surface area contributed by atoms with Crippen LogP contribution < -0.4 is 0 Å². The molecular formula is C14H12N2. The van der Waals surface area contributed by atoms with Crippen LogP contribution in [0, 0.1) is 0 Å². The second kappa shape index (κ2) is 3.81. The van der Waals surface area contributed by atoms with E-state index in [4.69, 9.17) is 0 Å². The maximum absolute atomic E-state index is 4.45. The van der Waals surface area contributed by atoms with Crippen LogP contribution in [-0.2, 0) is 6.54 Å². The minimum absolute atomic E-state index is 0.876. The van der Waals surface area contributed by atoms with Crippen molar-refractivity contribution in [2.75, 3.05) is 0 Å². The number of hydrogen-bond acceptors (Lipinski definition) is 1. The normalized spacial score (nSPS) is 10.8. The van der Waals surface area contributed by atoms with Gasteiger partial charge in [-0.1, -0.05) is 24.3 Å². The van der Waals surface area contributed by atoms with E-state index in [0.717, 1.165) is 12.1 Å². The quantitative estimate of drug-likeness (QED) is 0.632. The SMILES string of the molecule is c1cnc2c(Cn3cccc3)cccc2c1. The average molecular weight is 208 g/mol. The van der Waals surface area contributed by atoms with E-state index < -0.39 is 0 Å². The predicted molar refractivity (Wildman–Crippen MR) is 65.3 cm³/mol. The van der Waals surface area contributed by atoms with E-state index in [0.29, 0.717) is 0 Å². The van der Waals surface area contributed by atoms with Gasteiger partial charge in [0.15, 0.2) is 0 Å². The summed E-state index contributed by atoms with van der Waals surface area (Å²) < 4.78 is 2.16. The molecule has 78 valence electrons. The van der Waals surface area contributed by atoms with Crippen molar-refractivity contribution in [1.29, 1.82) is 0 Å². The first-order valence-corrected chi connectivity index (χ1v) is 5.37. The molecule has 2 nitrogen and oxygen atoms in total. The Morgan fingerprint density at radius 3 is 2.62 bits per heavy atom. The molecule has 0 N–H and O–H groups in total. The van der Waals surface area contributed by atoms with E-state index in [1.54, 1.807) is 0 Å². The highest BCUT2D eigenvalue weighted by molar-refractivity contribution is 5.81. The lowest BCUT2D eigenvalue weighted by Gasteiger charge is -2.06. The summed E-state index contributed by atoms with van der Waals surface area (Å²) in [7, 11) is 0. The van der Waals surface area contributed by atoms with Crippen molar-refractivity contribution in [3.05, 3.63) is 66.6 Å². The van der Waals surface area contributed by atoms with Crippen LogP contribution in [0.3, 0.4) is 0 Å². The van der Waals surface area contributed by atoms with Crippen LogP contribution in [-0.4, -0.2) is 9.55 Å². The lowest BCUT2D eigenvalue weighted by Crippen LogP contribution is -1.97. The zero-order chi connectivity index (χ0) is 10.8. The van der Waals surface area contributed by atoms with E-state index in [1.807, 2.05) is 24.4 Å². The number of para-hydroxylation sites is 1. The summed E-state index contributed by atoms with van der Waals surface area (Å²) in [6, 6.07) is 14.5. The van der Waals surface area contributed by atoms with Crippen molar-refractivity contribution in [3.63, 3.8) is 0 Å². The third kappa shape index (κ3) is 1.58. The van der Waals surface area contributed by atoms with E-state index in [-0.39, 0.29) is 0 Å². The molecule has 0 amide bonds. The maximum Gasteiger partial charge on any atom is 0.0751 e. The van der Waals surface area contributed by atoms with Crippen molar-refractivity contribution < 1.29 is 0 Å². The Kier molecular flexibility index (Phi) is 2.18. The molecule has 0 aliphatic rings. The lowest BCUT2D eigenvalue weighted by molar-refractivity contribution is 0.810. The third-order valence-corrected chi connectivity index (χ3v) is 2.74. The Morgan fingerprint density at radius 1 is 0.938 bits per heavy atom. The summed E-state index contributed by atoms with van der Waals surface area (Å²) in [5, 5.41) is 1.20. The topological polar surface area (TPSA) is 17.8 Å². The number of fused-ring (bicyclic) bond motifs is 1.